The highest BCUT2D eigenvalue weighted by atomic mass is 32.2. The number of carbonyl (C=O) groups is 13. The molecule has 0 saturated carbocycles. The number of nitrogens with one attached hydrogen (secondary N) is 8. The van der Waals surface area contributed by atoms with Crippen LogP contribution in [-0.2, 0) is 75.2 Å². The fourth-order valence-corrected chi connectivity index (χ4v) is 11.5. The molecule has 0 spiro atoms. The first-order valence-electron chi connectivity index (χ1n) is 32.2. The molecule has 524 valence electrons. The van der Waals surface area contributed by atoms with Gasteiger partial charge in [0.2, 0.25) is 76.8 Å². The summed E-state index contributed by atoms with van der Waals surface area (Å²) in [5, 5.41) is 21.1. The summed E-state index contributed by atoms with van der Waals surface area (Å²) in [5.41, 5.74) is 40.6. The molecule has 95 heavy (non-hydrogen) atoms. The Balaban J connectivity index is 1.56. The Bertz CT molecular complexity index is 2960. The van der Waals surface area contributed by atoms with E-state index in [1.807, 2.05) is 20.1 Å². The number of likely N-dealkylation sites (tertiary alicyclic amines) is 2. The third-order valence-electron chi connectivity index (χ3n) is 16.0. The van der Waals surface area contributed by atoms with Crippen LogP contribution < -0.4 is 82.7 Å². The molecule has 2 aromatic carbocycles. The summed E-state index contributed by atoms with van der Waals surface area (Å²) in [4.78, 5) is 185. The molecule has 32 heteroatoms. The van der Waals surface area contributed by atoms with Crippen molar-refractivity contribution >= 4 is 94.5 Å². The molecule has 0 aromatic heterocycles. The van der Waals surface area contributed by atoms with Gasteiger partial charge in [-0.25, -0.2) is 0 Å². The normalized spacial score (nSPS) is 16.8. The van der Waals surface area contributed by atoms with Gasteiger partial charge in [0.1, 0.15) is 54.4 Å². The highest BCUT2D eigenvalue weighted by Crippen LogP contribution is 2.24. The Morgan fingerprint density at radius 2 is 1.01 bits per heavy atom. The van der Waals surface area contributed by atoms with E-state index in [4.69, 9.17) is 40.1 Å². The molecule has 4 rings (SSSR count). The van der Waals surface area contributed by atoms with E-state index in [-0.39, 0.29) is 83.0 Å². The quantitative estimate of drug-likeness (QED) is 0.0173. The van der Waals surface area contributed by atoms with Crippen LogP contribution in [-0.4, -0.2) is 198 Å². The minimum absolute atomic E-state index is 0.0736. The first-order chi connectivity index (χ1) is 45.2. The van der Waals surface area contributed by atoms with Gasteiger partial charge in [0, 0.05) is 45.3 Å². The lowest BCUT2D eigenvalue weighted by molar-refractivity contribution is -0.144. The second-order valence-corrected chi connectivity index (χ2v) is 25.1. The van der Waals surface area contributed by atoms with Gasteiger partial charge >= 0.3 is 0 Å². The summed E-state index contributed by atoms with van der Waals surface area (Å²) in [5.74, 6) is -9.80. The lowest BCUT2D eigenvalue weighted by atomic mass is 10.0. The van der Waals surface area contributed by atoms with E-state index in [1.54, 1.807) is 60.7 Å². The van der Waals surface area contributed by atoms with Gasteiger partial charge in [-0.1, -0.05) is 74.5 Å². The van der Waals surface area contributed by atoms with Crippen LogP contribution in [0.5, 0.6) is 0 Å². The molecule has 31 nitrogen and oxygen atoms in total. The van der Waals surface area contributed by atoms with E-state index in [2.05, 4.69) is 47.5 Å². The van der Waals surface area contributed by atoms with E-state index in [0.717, 1.165) is 0 Å². The minimum atomic E-state index is -1.64. The summed E-state index contributed by atoms with van der Waals surface area (Å²) in [6, 6.07) is 4.51. The molecule has 0 unspecified atom stereocenters. The minimum Gasteiger partial charge on any atom is -0.370 e. The molecule has 22 N–H and O–H groups in total. The average molecular weight is 1350 g/mol. The summed E-state index contributed by atoms with van der Waals surface area (Å²) in [6.07, 6.45) is 3.12. The van der Waals surface area contributed by atoms with Gasteiger partial charge < -0.3 is 92.5 Å². The maximum absolute atomic E-state index is 14.7. The number of benzene rings is 2. The van der Waals surface area contributed by atoms with E-state index >= 15 is 0 Å². The molecule has 2 saturated heterocycles. The molecular weight excluding hydrogens is 1250 g/mol. The standard InChI is InChI=1S/C63H98N18O13S/c1-37(2)33-45(57(89)74-41(53(68)85)27-32-95-3)73-52(84)36-72-54(86)46(34-38-15-6-4-7-16-38)78-58(90)47(35-39-17-8-5-9-18-39)79-56(88)42(23-25-50(66)82)75-55(87)43(24-26-51(67)83)76-59(91)49-22-14-31-81(49)62(94)44(20-10-11-28-64)77-60(92)48-21-13-30-80(48)61(93)40(65)19-12-29-71-63(69)70/h4-9,15-18,37,40-49H,10-14,19-36,64-65H2,1-3H3,(H2,66,82)(H2,67,83)(H2,68,85)(H,72,86)(H,73,84)(H,74,89)(H,75,87)(H,76,91)(H,77,92)(H,78,90)(H,79,88)(H4,69,70,71)/t40-,41+,42-,43-,44-,45-,46+,47-,48-,49-/m1/s1. The number of aliphatic imine (C=N–C) groups is 1. The Morgan fingerprint density at radius 1 is 0.537 bits per heavy atom. The highest BCUT2D eigenvalue weighted by Gasteiger charge is 2.42. The molecule has 2 aliphatic heterocycles. The van der Waals surface area contributed by atoms with Crippen molar-refractivity contribution in [2.45, 2.75) is 183 Å². The highest BCUT2D eigenvalue weighted by molar-refractivity contribution is 7.98. The van der Waals surface area contributed by atoms with E-state index in [1.165, 1.54) is 21.6 Å². The zero-order chi connectivity index (χ0) is 70.1. The predicted molar refractivity (Wildman–Crippen MR) is 356 cm³/mol. The van der Waals surface area contributed by atoms with Crippen LogP contribution >= 0.6 is 11.8 Å². The lowest BCUT2D eigenvalue weighted by Crippen LogP contribution is -2.60. The number of amides is 13. The van der Waals surface area contributed by atoms with Crippen molar-refractivity contribution in [1.29, 1.82) is 0 Å². The molecule has 2 fully saturated rings. The topological polar surface area (TPSA) is 519 Å². The van der Waals surface area contributed by atoms with Crippen LogP contribution in [0.1, 0.15) is 121 Å². The number of primary amides is 3. The molecule has 2 heterocycles. The van der Waals surface area contributed by atoms with Crippen molar-refractivity contribution < 1.29 is 62.3 Å². The fraction of sp³-hybridized carbons (Fsp3) is 0.587. The smallest absolute Gasteiger partial charge is 0.245 e. The van der Waals surface area contributed by atoms with Gasteiger partial charge in [-0.15, -0.1) is 0 Å². The predicted octanol–water partition coefficient (Wildman–Crippen LogP) is -3.71. The molecule has 13 amide bonds. The summed E-state index contributed by atoms with van der Waals surface area (Å²) in [7, 11) is 0. The number of guanidine groups is 1. The van der Waals surface area contributed by atoms with Crippen LogP contribution in [0.15, 0.2) is 65.7 Å². The van der Waals surface area contributed by atoms with Crippen molar-refractivity contribution in [1.82, 2.24) is 52.3 Å². The van der Waals surface area contributed by atoms with E-state index < -0.39 is 169 Å². The Labute approximate surface area is 558 Å². The second-order valence-electron chi connectivity index (χ2n) is 24.1. The summed E-state index contributed by atoms with van der Waals surface area (Å²) in [6.45, 7) is 3.86. The first kappa shape index (κ1) is 78.5. The lowest BCUT2D eigenvalue weighted by Gasteiger charge is -2.32. The van der Waals surface area contributed by atoms with Crippen molar-refractivity contribution in [3.8, 4) is 0 Å². The number of nitrogens with zero attached hydrogens (tertiary/aromatic N) is 3. The number of hydrogen-bond acceptors (Lipinski definition) is 17. The molecule has 2 aliphatic rings. The number of nitrogens with two attached hydrogens (primary N) is 7. The third-order valence-corrected chi connectivity index (χ3v) is 16.7. The third kappa shape index (κ3) is 27.5. The Hall–Kier alpha value is -8.91. The molecule has 0 bridgehead atoms. The van der Waals surface area contributed by atoms with Crippen LogP contribution in [0.25, 0.3) is 0 Å². The first-order valence-corrected chi connectivity index (χ1v) is 33.6. The number of unbranched alkanes of at least 4 members (excludes halogenated alkanes) is 1. The largest absolute Gasteiger partial charge is 0.370 e. The van der Waals surface area contributed by atoms with Gasteiger partial charge in [0.05, 0.1) is 12.6 Å². The van der Waals surface area contributed by atoms with Gasteiger partial charge in [0.15, 0.2) is 5.96 Å². The fourth-order valence-electron chi connectivity index (χ4n) is 11.0. The number of carbonyl (C=O) groups excluding carboxylic acids is 13. The monoisotopic (exact) mass is 1350 g/mol. The Morgan fingerprint density at radius 3 is 1.51 bits per heavy atom. The van der Waals surface area contributed by atoms with Crippen LogP contribution in [0.2, 0.25) is 0 Å². The molecular formula is C63H98N18O13S. The van der Waals surface area contributed by atoms with Crippen molar-refractivity contribution in [3.63, 3.8) is 0 Å². The maximum atomic E-state index is 14.7. The molecule has 10 atom stereocenters. The van der Waals surface area contributed by atoms with Crippen molar-refractivity contribution in [2.24, 2.45) is 51.0 Å². The van der Waals surface area contributed by atoms with Crippen LogP contribution in [0, 0.1) is 5.92 Å². The number of rotatable bonds is 42. The number of thioether (sulfide) groups is 1. The van der Waals surface area contributed by atoms with E-state index in [0.29, 0.717) is 55.4 Å². The zero-order valence-electron chi connectivity index (χ0n) is 54.5. The summed E-state index contributed by atoms with van der Waals surface area (Å²) >= 11 is 1.45. The Kier molecular flexibility index (Phi) is 33.9. The van der Waals surface area contributed by atoms with Gasteiger partial charge in [-0.05, 0) is 119 Å². The van der Waals surface area contributed by atoms with Crippen molar-refractivity contribution in [2.75, 3.05) is 44.7 Å². The van der Waals surface area contributed by atoms with Crippen molar-refractivity contribution in [3.05, 3.63) is 71.8 Å². The number of hydrogen-bond donors (Lipinski definition) is 15. The molecule has 0 radical (unpaired) electrons. The SMILES string of the molecule is CSCC[C@H](NC(=O)[C@@H](CC(C)C)NC(=O)CNC(=O)[C@H](Cc1ccccc1)NC(=O)[C@@H](Cc1ccccc1)NC(=O)[C@@H](CCC(N)=O)NC(=O)[C@@H](CCC(N)=O)NC(=O)[C@H]1CCCN1C(=O)[C@@H](CCCCN)NC(=O)[C@H]1CCCN1C(=O)[C@H](N)CCCN=C(N)N)C(N)=O. The van der Waals surface area contributed by atoms with Gasteiger partial charge in [-0.2, -0.15) is 11.8 Å². The molecule has 2 aromatic rings. The zero-order valence-corrected chi connectivity index (χ0v) is 55.3. The van der Waals surface area contributed by atoms with Crippen LogP contribution in [0.4, 0.5) is 0 Å². The van der Waals surface area contributed by atoms with Crippen LogP contribution in [0.3, 0.4) is 0 Å². The molecule has 0 aliphatic carbocycles. The average Bonchev–Trinajstić information content (AvgIpc) is 1.74. The maximum Gasteiger partial charge on any atom is 0.245 e. The van der Waals surface area contributed by atoms with E-state index in [9.17, 15) is 62.3 Å². The second kappa shape index (κ2) is 41.0. The summed E-state index contributed by atoms with van der Waals surface area (Å²) < 4.78 is 0. The van der Waals surface area contributed by atoms with Gasteiger partial charge in [-0.3, -0.25) is 67.3 Å². The van der Waals surface area contributed by atoms with Gasteiger partial charge in [0.25, 0.3) is 0 Å².